The first-order valence-corrected chi connectivity index (χ1v) is 5.38. The molecule has 0 aliphatic carbocycles. The molecule has 1 N–H and O–H groups in total. The molecule has 0 spiro atoms. The Kier molecular flexibility index (Phi) is 3.36. The van der Waals surface area contributed by atoms with Crippen molar-refractivity contribution >= 4 is 0 Å². The summed E-state index contributed by atoms with van der Waals surface area (Å²) in [7, 11) is 0. The van der Waals surface area contributed by atoms with E-state index in [1.807, 2.05) is 0 Å². The molecule has 0 saturated carbocycles. The van der Waals surface area contributed by atoms with E-state index in [2.05, 4.69) is 44.8 Å². The smallest absolute Gasteiger partial charge is 0.0167 e. The van der Waals surface area contributed by atoms with E-state index in [0.717, 1.165) is 6.54 Å². The van der Waals surface area contributed by atoms with Gasteiger partial charge in [-0.3, -0.25) is 4.90 Å². The third-order valence-electron chi connectivity index (χ3n) is 2.80. The van der Waals surface area contributed by atoms with Gasteiger partial charge in [0.25, 0.3) is 0 Å². The van der Waals surface area contributed by atoms with Crippen LogP contribution in [0.15, 0.2) is 0 Å². The Morgan fingerprint density at radius 1 is 1.38 bits per heavy atom. The first kappa shape index (κ1) is 11.0. The third-order valence-corrected chi connectivity index (χ3v) is 2.80. The van der Waals surface area contributed by atoms with Gasteiger partial charge in [0, 0.05) is 31.7 Å². The van der Waals surface area contributed by atoms with E-state index in [-0.39, 0.29) is 0 Å². The zero-order valence-corrected chi connectivity index (χ0v) is 9.72. The lowest BCUT2D eigenvalue weighted by Gasteiger charge is -2.31. The lowest BCUT2D eigenvalue weighted by atomic mass is 9.93. The highest BCUT2D eigenvalue weighted by molar-refractivity contribution is 4.85. The molecule has 1 saturated heterocycles. The van der Waals surface area contributed by atoms with Crippen LogP contribution in [0.1, 0.15) is 34.6 Å². The lowest BCUT2D eigenvalue weighted by molar-refractivity contribution is 0.165. The van der Waals surface area contributed by atoms with Crippen LogP contribution < -0.4 is 5.32 Å². The molecule has 2 nitrogen and oxygen atoms in total. The highest BCUT2D eigenvalue weighted by atomic mass is 15.2. The minimum absolute atomic E-state index is 0.412. The van der Waals surface area contributed by atoms with Crippen LogP contribution in [0.4, 0.5) is 0 Å². The standard InChI is InChI=1S/C11H24N2/c1-9(2)13-6-10(3)12-7-11(4,5)8-13/h9-10,12H,6-8H2,1-5H3. The molecule has 0 aromatic heterocycles. The monoisotopic (exact) mass is 184 g/mol. The van der Waals surface area contributed by atoms with Crippen molar-refractivity contribution in [1.82, 2.24) is 10.2 Å². The summed E-state index contributed by atoms with van der Waals surface area (Å²) in [6.07, 6.45) is 0. The Morgan fingerprint density at radius 2 is 2.00 bits per heavy atom. The average Bonchev–Trinajstić information content (AvgIpc) is 2.11. The van der Waals surface area contributed by atoms with Crippen LogP contribution in [0.25, 0.3) is 0 Å². The van der Waals surface area contributed by atoms with Crippen molar-refractivity contribution in [3.8, 4) is 0 Å². The van der Waals surface area contributed by atoms with Gasteiger partial charge in [-0.25, -0.2) is 0 Å². The lowest BCUT2D eigenvalue weighted by Crippen LogP contribution is -2.40. The molecule has 1 unspecified atom stereocenters. The first-order chi connectivity index (χ1) is 5.91. The summed E-state index contributed by atoms with van der Waals surface area (Å²) >= 11 is 0. The van der Waals surface area contributed by atoms with Gasteiger partial charge in [0.05, 0.1) is 0 Å². The Balaban J connectivity index is 2.63. The molecule has 13 heavy (non-hydrogen) atoms. The topological polar surface area (TPSA) is 15.3 Å². The Hall–Kier alpha value is -0.0800. The van der Waals surface area contributed by atoms with E-state index in [1.54, 1.807) is 0 Å². The van der Waals surface area contributed by atoms with Crippen LogP contribution in [0.5, 0.6) is 0 Å². The van der Waals surface area contributed by atoms with Crippen molar-refractivity contribution < 1.29 is 0 Å². The molecule has 1 heterocycles. The maximum absolute atomic E-state index is 3.58. The SMILES string of the molecule is CC1CN(C(C)C)CC(C)(C)CN1. The molecule has 0 radical (unpaired) electrons. The maximum Gasteiger partial charge on any atom is 0.0167 e. The minimum Gasteiger partial charge on any atom is -0.312 e. The van der Waals surface area contributed by atoms with Gasteiger partial charge in [0.15, 0.2) is 0 Å². The fourth-order valence-corrected chi connectivity index (χ4v) is 1.93. The van der Waals surface area contributed by atoms with E-state index in [4.69, 9.17) is 0 Å². The first-order valence-electron chi connectivity index (χ1n) is 5.38. The van der Waals surface area contributed by atoms with Gasteiger partial charge in [-0.1, -0.05) is 13.8 Å². The van der Waals surface area contributed by atoms with Gasteiger partial charge in [-0.05, 0) is 26.2 Å². The van der Waals surface area contributed by atoms with E-state index in [1.165, 1.54) is 13.1 Å². The normalized spacial score (nSPS) is 30.5. The highest BCUT2D eigenvalue weighted by Gasteiger charge is 2.27. The summed E-state index contributed by atoms with van der Waals surface area (Å²) in [4.78, 5) is 2.57. The summed E-state index contributed by atoms with van der Waals surface area (Å²) in [5.41, 5.74) is 0.412. The van der Waals surface area contributed by atoms with Crippen molar-refractivity contribution in [2.24, 2.45) is 5.41 Å². The molecule has 1 fully saturated rings. The van der Waals surface area contributed by atoms with Crippen LogP contribution in [-0.2, 0) is 0 Å². The molecule has 0 bridgehead atoms. The van der Waals surface area contributed by atoms with Crippen LogP contribution >= 0.6 is 0 Å². The maximum atomic E-state index is 3.58. The molecule has 0 amide bonds. The Morgan fingerprint density at radius 3 is 2.54 bits per heavy atom. The quantitative estimate of drug-likeness (QED) is 0.667. The van der Waals surface area contributed by atoms with Crippen LogP contribution in [-0.4, -0.2) is 36.6 Å². The number of rotatable bonds is 1. The van der Waals surface area contributed by atoms with E-state index >= 15 is 0 Å². The molecule has 1 aliphatic heterocycles. The second-order valence-electron chi connectivity index (χ2n) is 5.47. The van der Waals surface area contributed by atoms with Crippen molar-refractivity contribution in [1.29, 1.82) is 0 Å². The third kappa shape index (κ3) is 3.28. The number of hydrogen-bond donors (Lipinski definition) is 1. The summed E-state index contributed by atoms with van der Waals surface area (Å²) in [5.74, 6) is 0. The largest absolute Gasteiger partial charge is 0.312 e. The average molecular weight is 184 g/mol. The molecule has 78 valence electrons. The molecule has 1 aliphatic rings. The summed E-state index contributed by atoms with van der Waals surface area (Å²) < 4.78 is 0. The van der Waals surface area contributed by atoms with Gasteiger partial charge in [0.2, 0.25) is 0 Å². The van der Waals surface area contributed by atoms with Crippen LogP contribution in [0, 0.1) is 5.41 Å². The van der Waals surface area contributed by atoms with Crippen molar-refractivity contribution in [3.05, 3.63) is 0 Å². The van der Waals surface area contributed by atoms with Crippen LogP contribution in [0.2, 0.25) is 0 Å². The van der Waals surface area contributed by atoms with Gasteiger partial charge in [0.1, 0.15) is 0 Å². The molecule has 0 aromatic carbocycles. The fraction of sp³-hybridized carbons (Fsp3) is 1.00. The van der Waals surface area contributed by atoms with Gasteiger partial charge in [-0.2, -0.15) is 0 Å². The fourth-order valence-electron chi connectivity index (χ4n) is 1.93. The van der Waals surface area contributed by atoms with Gasteiger partial charge >= 0.3 is 0 Å². The summed E-state index contributed by atoms with van der Waals surface area (Å²) in [6.45, 7) is 15.1. The summed E-state index contributed by atoms with van der Waals surface area (Å²) in [5, 5.41) is 3.58. The molecular formula is C11H24N2. The second-order valence-corrected chi connectivity index (χ2v) is 5.47. The van der Waals surface area contributed by atoms with Gasteiger partial charge in [-0.15, -0.1) is 0 Å². The second kappa shape index (κ2) is 3.97. The molecule has 1 atom stereocenters. The minimum atomic E-state index is 0.412. The molecule has 1 rings (SSSR count). The predicted octanol–water partition coefficient (Wildman–Crippen LogP) is 1.71. The predicted molar refractivity (Wildman–Crippen MR) is 58.0 cm³/mol. The van der Waals surface area contributed by atoms with Crippen molar-refractivity contribution in [3.63, 3.8) is 0 Å². The number of nitrogens with zero attached hydrogens (tertiary/aromatic N) is 1. The summed E-state index contributed by atoms with van der Waals surface area (Å²) in [6, 6.07) is 1.30. The molecule has 0 aromatic rings. The molecular weight excluding hydrogens is 160 g/mol. The van der Waals surface area contributed by atoms with E-state index in [9.17, 15) is 0 Å². The van der Waals surface area contributed by atoms with Crippen molar-refractivity contribution in [2.45, 2.75) is 46.7 Å². The van der Waals surface area contributed by atoms with Crippen molar-refractivity contribution in [2.75, 3.05) is 19.6 Å². The van der Waals surface area contributed by atoms with Crippen LogP contribution in [0.3, 0.4) is 0 Å². The number of hydrogen-bond acceptors (Lipinski definition) is 2. The number of nitrogens with one attached hydrogen (secondary N) is 1. The van der Waals surface area contributed by atoms with E-state index in [0.29, 0.717) is 17.5 Å². The Bertz CT molecular complexity index is 163. The Labute approximate surface area is 82.7 Å². The van der Waals surface area contributed by atoms with Gasteiger partial charge < -0.3 is 5.32 Å². The zero-order chi connectivity index (χ0) is 10.1. The zero-order valence-electron chi connectivity index (χ0n) is 9.72. The van der Waals surface area contributed by atoms with E-state index < -0.39 is 0 Å². The molecule has 2 heteroatoms. The highest BCUT2D eigenvalue weighted by Crippen LogP contribution is 2.20.